The third-order valence-corrected chi connectivity index (χ3v) is 5.13. The summed E-state index contributed by atoms with van der Waals surface area (Å²) in [6.45, 7) is 4.96. The van der Waals surface area contributed by atoms with Gasteiger partial charge in [-0.15, -0.1) is 0 Å². The van der Waals surface area contributed by atoms with Gasteiger partial charge in [0.15, 0.2) is 0 Å². The summed E-state index contributed by atoms with van der Waals surface area (Å²) in [4.78, 5) is 28.6. The molecule has 1 amide bonds. The van der Waals surface area contributed by atoms with Crippen molar-refractivity contribution in [2.75, 3.05) is 7.11 Å². The fourth-order valence-corrected chi connectivity index (χ4v) is 3.27. The second-order valence-electron chi connectivity index (χ2n) is 8.09. The first kappa shape index (κ1) is 25.0. The van der Waals surface area contributed by atoms with Gasteiger partial charge in [-0.25, -0.2) is 9.78 Å². The number of amides is 1. The third kappa shape index (κ3) is 6.03. The van der Waals surface area contributed by atoms with Crippen molar-refractivity contribution in [1.82, 2.24) is 20.1 Å². The average Bonchev–Trinajstić information content (AvgIpc) is 3.42. The molecular formula is C23H25F3N4O4. The van der Waals surface area contributed by atoms with Crippen molar-refractivity contribution < 1.29 is 31.9 Å². The zero-order valence-electron chi connectivity index (χ0n) is 19.1. The number of methoxy groups -OCH3 is 1. The van der Waals surface area contributed by atoms with Gasteiger partial charge >= 0.3 is 12.1 Å². The van der Waals surface area contributed by atoms with Crippen LogP contribution < -0.4 is 5.32 Å². The Bertz CT molecular complexity index is 1170. The van der Waals surface area contributed by atoms with Crippen LogP contribution >= 0.6 is 0 Å². The van der Waals surface area contributed by atoms with Crippen molar-refractivity contribution in [1.29, 1.82) is 0 Å². The number of esters is 1. The minimum atomic E-state index is -4.26. The maximum atomic E-state index is 12.6. The van der Waals surface area contributed by atoms with Crippen molar-refractivity contribution in [3.8, 4) is 22.7 Å². The van der Waals surface area contributed by atoms with E-state index in [9.17, 15) is 22.8 Å². The summed E-state index contributed by atoms with van der Waals surface area (Å²) in [5, 5.41) is 6.86. The summed E-state index contributed by atoms with van der Waals surface area (Å²) < 4.78 is 49.3. The number of aryl methyl sites for hydroxylation is 2. The van der Waals surface area contributed by atoms with Crippen LogP contribution in [0.2, 0.25) is 0 Å². The molecule has 3 aromatic rings. The van der Waals surface area contributed by atoms with E-state index in [-0.39, 0.29) is 24.1 Å². The molecule has 2 aromatic heterocycles. The molecule has 182 valence electrons. The highest BCUT2D eigenvalue weighted by Crippen LogP contribution is 2.27. The van der Waals surface area contributed by atoms with Crippen LogP contribution in [-0.2, 0) is 16.1 Å². The van der Waals surface area contributed by atoms with Crippen LogP contribution in [-0.4, -0.2) is 46.0 Å². The number of carbonyl (C=O) groups is 2. The fourth-order valence-electron chi connectivity index (χ4n) is 3.27. The van der Waals surface area contributed by atoms with Crippen LogP contribution in [0, 0.1) is 12.8 Å². The number of aromatic nitrogens is 3. The van der Waals surface area contributed by atoms with E-state index in [1.807, 2.05) is 0 Å². The smallest absolute Gasteiger partial charge is 0.390 e. The second kappa shape index (κ2) is 10.1. The van der Waals surface area contributed by atoms with Crippen LogP contribution in [0.4, 0.5) is 13.2 Å². The fraction of sp³-hybridized carbons (Fsp3) is 0.391. The summed E-state index contributed by atoms with van der Waals surface area (Å²) in [5.74, 6) is -1.30. The Morgan fingerprint density at radius 3 is 2.56 bits per heavy atom. The molecule has 11 heteroatoms. The highest BCUT2D eigenvalue weighted by atomic mass is 19.4. The summed E-state index contributed by atoms with van der Waals surface area (Å²) in [6.07, 6.45) is -3.98. The van der Waals surface area contributed by atoms with Gasteiger partial charge in [0.1, 0.15) is 6.04 Å². The molecule has 0 spiro atoms. The van der Waals surface area contributed by atoms with Gasteiger partial charge in [-0.3, -0.25) is 9.48 Å². The number of oxazole rings is 1. The zero-order chi connectivity index (χ0) is 25.0. The normalized spacial score (nSPS) is 12.6. The van der Waals surface area contributed by atoms with Gasteiger partial charge in [0, 0.05) is 23.4 Å². The molecular weight excluding hydrogens is 453 g/mol. The molecule has 34 heavy (non-hydrogen) atoms. The van der Waals surface area contributed by atoms with Gasteiger partial charge in [0.25, 0.3) is 5.91 Å². The van der Waals surface area contributed by atoms with E-state index in [0.29, 0.717) is 22.5 Å². The molecule has 3 rings (SSSR count). The van der Waals surface area contributed by atoms with Crippen molar-refractivity contribution in [2.45, 2.75) is 46.0 Å². The Kier molecular flexibility index (Phi) is 7.43. The van der Waals surface area contributed by atoms with Crippen molar-refractivity contribution in [2.24, 2.45) is 5.92 Å². The molecule has 1 unspecified atom stereocenters. The number of carbonyl (C=O) groups excluding carboxylic acids is 2. The SMILES string of the molecule is COC(=O)C(NC(=O)c1cnc(-c2cccc(-c3cc(C)n(CCC(F)(F)F)n3)c2)o1)C(C)C. The number of rotatable bonds is 8. The minimum absolute atomic E-state index is 0.0813. The lowest BCUT2D eigenvalue weighted by Gasteiger charge is -2.18. The molecule has 0 aliphatic rings. The first-order valence-electron chi connectivity index (χ1n) is 10.5. The van der Waals surface area contributed by atoms with E-state index in [1.165, 1.54) is 18.0 Å². The van der Waals surface area contributed by atoms with Crippen molar-refractivity contribution in [3.05, 3.63) is 48.0 Å². The Hall–Kier alpha value is -3.63. The Balaban J connectivity index is 1.78. The molecule has 1 atom stereocenters. The molecule has 0 aliphatic heterocycles. The molecule has 2 heterocycles. The molecule has 8 nitrogen and oxygen atoms in total. The lowest BCUT2D eigenvalue weighted by Crippen LogP contribution is -2.44. The highest BCUT2D eigenvalue weighted by molar-refractivity contribution is 5.94. The van der Waals surface area contributed by atoms with Crippen LogP contribution in [0.25, 0.3) is 22.7 Å². The van der Waals surface area contributed by atoms with E-state index in [2.05, 4.69) is 15.4 Å². The maximum Gasteiger partial charge on any atom is 0.390 e. The first-order chi connectivity index (χ1) is 16.0. The predicted molar refractivity (Wildman–Crippen MR) is 117 cm³/mol. The molecule has 1 aromatic carbocycles. The topological polar surface area (TPSA) is 99.2 Å². The lowest BCUT2D eigenvalue weighted by atomic mass is 10.0. The maximum absolute atomic E-state index is 12.6. The third-order valence-electron chi connectivity index (χ3n) is 5.13. The number of nitrogens with one attached hydrogen (secondary N) is 1. The van der Waals surface area contributed by atoms with E-state index < -0.39 is 30.5 Å². The van der Waals surface area contributed by atoms with Gasteiger partial charge in [0.2, 0.25) is 11.7 Å². The van der Waals surface area contributed by atoms with Gasteiger partial charge in [-0.05, 0) is 31.0 Å². The highest BCUT2D eigenvalue weighted by Gasteiger charge is 2.28. The second-order valence-corrected chi connectivity index (χ2v) is 8.09. The van der Waals surface area contributed by atoms with Crippen LogP contribution in [0.5, 0.6) is 0 Å². The van der Waals surface area contributed by atoms with Gasteiger partial charge in [-0.2, -0.15) is 18.3 Å². The lowest BCUT2D eigenvalue weighted by molar-refractivity contribution is -0.144. The van der Waals surface area contributed by atoms with E-state index >= 15 is 0 Å². The monoisotopic (exact) mass is 478 g/mol. The molecule has 1 N–H and O–H groups in total. The summed E-state index contributed by atoms with van der Waals surface area (Å²) >= 11 is 0. The van der Waals surface area contributed by atoms with E-state index in [1.54, 1.807) is 51.1 Å². The molecule has 0 bridgehead atoms. The number of hydrogen-bond acceptors (Lipinski definition) is 6. The van der Waals surface area contributed by atoms with Crippen LogP contribution in [0.3, 0.4) is 0 Å². The summed E-state index contributed by atoms with van der Waals surface area (Å²) in [5.41, 5.74) is 2.31. The van der Waals surface area contributed by atoms with Gasteiger partial charge < -0.3 is 14.5 Å². The number of nitrogens with zero attached hydrogens (tertiary/aromatic N) is 3. The standard InChI is InChI=1S/C23H25F3N4O4/c1-13(2)19(22(32)33-4)28-20(31)18-12-27-21(34-18)16-7-5-6-15(11-16)17-10-14(3)30(29-17)9-8-23(24,25)26/h5-7,10-13,19H,8-9H2,1-4H3,(H,28,31). The quantitative estimate of drug-likeness (QED) is 0.482. The minimum Gasteiger partial charge on any atom is -0.467 e. The molecule has 0 fully saturated rings. The number of benzene rings is 1. The Labute approximate surface area is 194 Å². The number of halogens is 3. The Morgan fingerprint density at radius 1 is 1.21 bits per heavy atom. The van der Waals surface area contributed by atoms with E-state index in [0.717, 1.165) is 0 Å². The number of hydrogen-bond donors (Lipinski definition) is 1. The van der Waals surface area contributed by atoms with E-state index in [4.69, 9.17) is 9.15 Å². The number of ether oxygens (including phenoxy) is 1. The van der Waals surface area contributed by atoms with Gasteiger partial charge in [0.05, 0.1) is 25.4 Å². The average molecular weight is 478 g/mol. The summed E-state index contributed by atoms with van der Waals surface area (Å²) in [7, 11) is 1.24. The van der Waals surface area contributed by atoms with Crippen molar-refractivity contribution in [3.63, 3.8) is 0 Å². The largest absolute Gasteiger partial charge is 0.467 e. The Morgan fingerprint density at radius 2 is 1.91 bits per heavy atom. The first-order valence-corrected chi connectivity index (χ1v) is 10.5. The molecule has 0 radical (unpaired) electrons. The van der Waals surface area contributed by atoms with Gasteiger partial charge in [-0.1, -0.05) is 26.0 Å². The molecule has 0 aliphatic carbocycles. The van der Waals surface area contributed by atoms with Crippen LogP contribution in [0.15, 0.2) is 40.9 Å². The summed E-state index contributed by atoms with van der Waals surface area (Å²) in [6, 6.07) is 7.78. The zero-order valence-corrected chi connectivity index (χ0v) is 19.1. The van der Waals surface area contributed by atoms with Crippen molar-refractivity contribution >= 4 is 11.9 Å². The molecule has 0 saturated heterocycles. The predicted octanol–water partition coefficient (Wildman–Crippen LogP) is 4.39. The van der Waals surface area contributed by atoms with Crippen LogP contribution in [0.1, 0.15) is 36.5 Å². The molecule has 0 saturated carbocycles. The number of alkyl halides is 3.